The van der Waals surface area contributed by atoms with Gasteiger partial charge in [-0.15, -0.1) is 5.10 Å². The van der Waals surface area contributed by atoms with Gasteiger partial charge in [-0.1, -0.05) is 18.5 Å². The summed E-state index contributed by atoms with van der Waals surface area (Å²) in [6.45, 7) is 2.06. The maximum Gasteiger partial charge on any atom is 0.228 e. The molecule has 1 aliphatic rings. The molecule has 1 fully saturated rings. The van der Waals surface area contributed by atoms with Gasteiger partial charge in [0.05, 0.1) is 13.3 Å². The van der Waals surface area contributed by atoms with E-state index in [9.17, 15) is 4.79 Å². The Kier molecular flexibility index (Phi) is 4.09. The molecular formula is C20H17ClN6O2. The Labute approximate surface area is 170 Å². The highest BCUT2D eigenvalue weighted by atomic mass is 35.5. The van der Waals surface area contributed by atoms with Crippen LogP contribution in [-0.2, 0) is 4.79 Å². The summed E-state index contributed by atoms with van der Waals surface area (Å²) >= 11 is 6.27. The lowest BCUT2D eigenvalue weighted by Crippen LogP contribution is -2.15. The summed E-state index contributed by atoms with van der Waals surface area (Å²) in [4.78, 5) is 25.4. The van der Waals surface area contributed by atoms with Crippen LogP contribution in [0.25, 0.3) is 27.8 Å². The standard InChI is InChI=1S/C20H17ClN6O2/c1-10-5-12(10)20(28)24-16-6-13-14(7-22-16)18(21)23-8-15(13)19-25-17-4-3-11(29-2)9-27(17)26-19/h3-4,6-10,12H,5H2,1-2H3,(H,22,24,28)/t10-,12+/m1/s1. The number of hydrogen-bond acceptors (Lipinski definition) is 6. The molecule has 146 valence electrons. The van der Waals surface area contributed by atoms with E-state index in [0.29, 0.717) is 45.1 Å². The summed E-state index contributed by atoms with van der Waals surface area (Å²) in [7, 11) is 1.60. The van der Waals surface area contributed by atoms with Crippen LogP contribution in [0.3, 0.4) is 0 Å². The van der Waals surface area contributed by atoms with E-state index >= 15 is 0 Å². The molecule has 2 atom stereocenters. The lowest BCUT2D eigenvalue weighted by Gasteiger charge is -2.08. The number of carbonyl (C=O) groups is 1. The number of hydrogen-bond donors (Lipinski definition) is 1. The number of pyridine rings is 3. The van der Waals surface area contributed by atoms with Crippen molar-refractivity contribution in [3.05, 3.63) is 41.9 Å². The van der Waals surface area contributed by atoms with Gasteiger partial charge in [0.2, 0.25) is 5.91 Å². The number of halogens is 1. The fourth-order valence-corrected chi connectivity index (χ4v) is 3.55. The molecule has 4 heterocycles. The van der Waals surface area contributed by atoms with Gasteiger partial charge in [-0.3, -0.25) is 4.79 Å². The Bertz CT molecular complexity index is 1270. The maximum atomic E-state index is 12.3. The first-order valence-corrected chi connectivity index (χ1v) is 9.57. The second kappa shape index (κ2) is 6.66. The Balaban J connectivity index is 1.60. The molecule has 0 radical (unpaired) electrons. The summed E-state index contributed by atoms with van der Waals surface area (Å²) in [5.41, 5.74) is 1.37. The largest absolute Gasteiger partial charge is 0.495 e. The lowest BCUT2D eigenvalue weighted by molar-refractivity contribution is -0.117. The van der Waals surface area contributed by atoms with Crippen LogP contribution in [0.4, 0.5) is 5.82 Å². The average Bonchev–Trinajstić information content (AvgIpc) is 3.31. The molecule has 1 saturated carbocycles. The smallest absolute Gasteiger partial charge is 0.228 e. The molecule has 1 aliphatic carbocycles. The quantitative estimate of drug-likeness (QED) is 0.518. The Hall–Kier alpha value is -3.26. The van der Waals surface area contributed by atoms with Crippen LogP contribution in [-0.4, -0.2) is 37.6 Å². The van der Waals surface area contributed by atoms with Crippen molar-refractivity contribution in [3.63, 3.8) is 0 Å². The number of nitrogens with zero attached hydrogens (tertiary/aromatic N) is 5. The molecule has 8 nitrogen and oxygen atoms in total. The van der Waals surface area contributed by atoms with Crippen LogP contribution < -0.4 is 10.1 Å². The molecule has 5 rings (SSSR count). The molecule has 0 aromatic carbocycles. The Morgan fingerprint density at radius 3 is 2.86 bits per heavy atom. The van der Waals surface area contributed by atoms with Crippen LogP contribution in [0.5, 0.6) is 5.75 Å². The molecule has 0 bridgehead atoms. The molecule has 29 heavy (non-hydrogen) atoms. The van der Waals surface area contributed by atoms with Crippen LogP contribution in [0, 0.1) is 11.8 Å². The zero-order chi connectivity index (χ0) is 20.1. The van der Waals surface area contributed by atoms with Gasteiger partial charge in [0.25, 0.3) is 0 Å². The van der Waals surface area contributed by atoms with Crippen LogP contribution in [0.1, 0.15) is 13.3 Å². The van der Waals surface area contributed by atoms with Gasteiger partial charge in [-0.25, -0.2) is 19.5 Å². The van der Waals surface area contributed by atoms with E-state index in [2.05, 4.69) is 32.3 Å². The zero-order valence-corrected chi connectivity index (χ0v) is 16.5. The van der Waals surface area contributed by atoms with Gasteiger partial charge in [0.1, 0.15) is 16.7 Å². The number of amides is 1. The fraction of sp³-hybridized carbons (Fsp3) is 0.250. The summed E-state index contributed by atoms with van der Waals surface area (Å²) in [5.74, 6) is 2.11. The number of methoxy groups -OCH3 is 1. The molecule has 0 aliphatic heterocycles. The fourth-order valence-electron chi connectivity index (χ4n) is 3.35. The molecule has 4 aromatic heterocycles. The summed E-state index contributed by atoms with van der Waals surface area (Å²) in [6, 6.07) is 5.43. The van der Waals surface area contributed by atoms with E-state index < -0.39 is 0 Å². The highest BCUT2D eigenvalue weighted by Crippen LogP contribution is 2.38. The predicted molar refractivity (Wildman–Crippen MR) is 109 cm³/mol. The molecule has 1 amide bonds. The van der Waals surface area contributed by atoms with Crippen molar-refractivity contribution in [2.24, 2.45) is 11.8 Å². The molecule has 0 unspecified atom stereocenters. The van der Waals surface area contributed by atoms with Crippen LogP contribution in [0.15, 0.2) is 36.8 Å². The highest BCUT2D eigenvalue weighted by Gasteiger charge is 2.39. The third-order valence-corrected chi connectivity index (χ3v) is 5.50. The monoisotopic (exact) mass is 408 g/mol. The van der Waals surface area contributed by atoms with E-state index in [1.54, 1.807) is 36.3 Å². The number of aromatic nitrogens is 5. The lowest BCUT2D eigenvalue weighted by atomic mass is 10.1. The summed E-state index contributed by atoms with van der Waals surface area (Å²) in [6.07, 6.45) is 5.90. The summed E-state index contributed by atoms with van der Waals surface area (Å²) < 4.78 is 6.89. The third kappa shape index (κ3) is 3.15. The van der Waals surface area contributed by atoms with Crippen LogP contribution in [0.2, 0.25) is 5.15 Å². The molecule has 0 saturated heterocycles. The van der Waals surface area contributed by atoms with Gasteiger partial charge in [0, 0.05) is 34.6 Å². The topological polar surface area (TPSA) is 94.3 Å². The first-order chi connectivity index (χ1) is 14.0. The van der Waals surface area contributed by atoms with Crippen molar-refractivity contribution in [2.75, 3.05) is 12.4 Å². The second-order valence-corrected chi connectivity index (χ2v) is 7.55. The van der Waals surface area contributed by atoms with Gasteiger partial charge >= 0.3 is 0 Å². The van der Waals surface area contributed by atoms with Gasteiger partial charge in [0.15, 0.2) is 11.5 Å². The van der Waals surface area contributed by atoms with E-state index in [1.807, 2.05) is 12.1 Å². The summed E-state index contributed by atoms with van der Waals surface area (Å²) in [5, 5.41) is 9.19. The van der Waals surface area contributed by atoms with E-state index in [1.165, 1.54) is 0 Å². The van der Waals surface area contributed by atoms with Gasteiger partial charge in [-0.05, 0) is 30.5 Å². The SMILES string of the molecule is COc1ccc2nc(-c3cnc(Cl)c4cnc(NC(=O)[C@H]5C[C@H]5C)cc34)nn2c1. The number of ether oxygens (including phenoxy) is 1. The van der Waals surface area contributed by atoms with E-state index in [-0.39, 0.29) is 11.8 Å². The second-order valence-electron chi connectivity index (χ2n) is 7.19. The van der Waals surface area contributed by atoms with Crippen molar-refractivity contribution in [1.82, 2.24) is 24.6 Å². The van der Waals surface area contributed by atoms with Crippen molar-refractivity contribution < 1.29 is 9.53 Å². The first kappa shape index (κ1) is 17.8. The van der Waals surface area contributed by atoms with Crippen LogP contribution >= 0.6 is 11.6 Å². The third-order valence-electron chi connectivity index (χ3n) is 5.20. The van der Waals surface area contributed by atoms with E-state index in [0.717, 1.165) is 11.8 Å². The maximum absolute atomic E-state index is 12.3. The van der Waals surface area contributed by atoms with Crippen molar-refractivity contribution in [1.29, 1.82) is 0 Å². The minimum absolute atomic E-state index is 0.0102. The number of nitrogens with one attached hydrogen (secondary N) is 1. The number of carbonyl (C=O) groups excluding carboxylic acids is 1. The molecule has 9 heteroatoms. The highest BCUT2D eigenvalue weighted by molar-refractivity contribution is 6.34. The van der Waals surface area contributed by atoms with Crippen molar-refractivity contribution in [3.8, 4) is 17.1 Å². The molecule has 1 N–H and O–H groups in total. The van der Waals surface area contributed by atoms with Crippen molar-refractivity contribution >= 4 is 39.7 Å². The van der Waals surface area contributed by atoms with Gasteiger partial charge < -0.3 is 10.1 Å². The Morgan fingerprint density at radius 2 is 2.10 bits per heavy atom. The molecular weight excluding hydrogens is 392 g/mol. The van der Waals surface area contributed by atoms with Crippen molar-refractivity contribution in [2.45, 2.75) is 13.3 Å². The number of anilines is 1. The molecule has 4 aromatic rings. The normalized spacial score (nSPS) is 18.2. The minimum Gasteiger partial charge on any atom is -0.495 e. The number of rotatable bonds is 4. The molecule has 0 spiro atoms. The van der Waals surface area contributed by atoms with E-state index in [4.69, 9.17) is 16.3 Å². The van der Waals surface area contributed by atoms with Gasteiger partial charge in [-0.2, -0.15) is 0 Å². The Morgan fingerprint density at radius 1 is 1.28 bits per heavy atom. The predicted octanol–water partition coefficient (Wildman–Crippen LogP) is 3.60. The number of fused-ring (bicyclic) bond motifs is 2. The first-order valence-electron chi connectivity index (χ1n) is 9.19. The average molecular weight is 409 g/mol. The minimum atomic E-state index is -0.0102. The zero-order valence-electron chi connectivity index (χ0n) is 15.8.